The monoisotopic (exact) mass is 533 g/mol. The van der Waals surface area contributed by atoms with Crippen LogP contribution in [0.5, 0.6) is 0 Å². The number of carbonyl (C=O) groups is 3. The molecule has 3 fully saturated rings. The standard InChI is InChI=1S/C31H39N3O5/c1-4-30-15-16-31(39-30)25(24(30)27(36)32-22-11-7-5-8-12-22)29(38)34(17-9-6-10-18-35)26(31)28(37)33-23-19-20(2)13-14-21(23)3/h5,7-8,11-14,19,24-26,35H,4,6,9-10,15-18H2,1-3H3,(H,32,36)(H,33,37)/t24-,25-,26?,30+,31?/m0/s1. The molecule has 3 aliphatic rings. The van der Waals surface area contributed by atoms with Crippen LogP contribution in [0.2, 0.25) is 0 Å². The molecule has 8 nitrogen and oxygen atoms in total. The van der Waals surface area contributed by atoms with Gasteiger partial charge >= 0.3 is 0 Å². The van der Waals surface area contributed by atoms with Crippen LogP contribution in [-0.2, 0) is 19.1 Å². The van der Waals surface area contributed by atoms with Crippen molar-refractivity contribution in [3.8, 4) is 0 Å². The Morgan fingerprint density at radius 1 is 1.03 bits per heavy atom. The molecule has 2 unspecified atom stereocenters. The molecule has 2 bridgehead atoms. The van der Waals surface area contributed by atoms with E-state index in [9.17, 15) is 19.5 Å². The van der Waals surface area contributed by atoms with Crippen LogP contribution < -0.4 is 10.6 Å². The number of aliphatic hydroxyl groups is 1. The van der Waals surface area contributed by atoms with Gasteiger partial charge in [-0.25, -0.2) is 0 Å². The highest BCUT2D eigenvalue weighted by molar-refractivity contribution is 6.05. The van der Waals surface area contributed by atoms with E-state index in [1.165, 1.54) is 0 Å². The van der Waals surface area contributed by atoms with Crippen LogP contribution in [0.4, 0.5) is 11.4 Å². The van der Waals surface area contributed by atoms with Gasteiger partial charge in [-0.2, -0.15) is 0 Å². The second-order valence-corrected chi connectivity index (χ2v) is 11.3. The number of unbranched alkanes of at least 4 members (excludes halogenated alkanes) is 2. The summed E-state index contributed by atoms with van der Waals surface area (Å²) >= 11 is 0. The van der Waals surface area contributed by atoms with Gasteiger partial charge in [-0.3, -0.25) is 14.4 Å². The lowest BCUT2D eigenvalue weighted by Gasteiger charge is -2.34. The number of para-hydroxylation sites is 1. The summed E-state index contributed by atoms with van der Waals surface area (Å²) < 4.78 is 6.82. The first-order valence-corrected chi connectivity index (χ1v) is 14.1. The zero-order chi connectivity index (χ0) is 27.8. The van der Waals surface area contributed by atoms with Crippen LogP contribution in [0, 0.1) is 25.7 Å². The highest BCUT2D eigenvalue weighted by atomic mass is 16.5. The Labute approximate surface area is 230 Å². The SMILES string of the molecule is CC[C@]12CCC3(O1)C(C(=O)Nc1cc(C)ccc1C)N(CCCCCO)C(=O)[C@@H]3[C@H]2C(=O)Nc1ccccc1. The fourth-order valence-corrected chi connectivity index (χ4v) is 7.04. The van der Waals surface area contributed by atoms with Crippen molar-refractivity contribution >= 4 is 29.1 Å². The third kappa shape index (κ3) is 4.63. The lowest BCUT2D eigenvalue weighted by molar-refractivity contribution is -0.144. The van der Waals surface area contributed by atoms with E-state index >= 15 is 0 Å². The molecule has 5 rings (SSSR count). The molecule has 3 saturated heterocycles. The first-order chi connectivity index (χ1) is 18.8. The van der Waals surface area contributed by atoms with Gasteiger partial charge in [0.1, 0.15) is 11.6 Å². The van der Waals surface area contributed by atoms with Crippen LogP contribution >= 0.6 is 0 Å². The highest BCUT2D eigenvalue weighted by Gasteiger charge is 2.78. The first-order valence-electron chi connectivity index (χ1n) is 14.1. The number of fused-ring (bicyclic) bond motifs is 1. The molecular weight excluding hydrogens is 494 g/mol. The van der Waals surface area contributed by atoms with Crippen LogP contribution in [-0.4, -0.2) is 58.1 Å². The van der Waals surface area contributed by atoms with E-state index in [2.05, 4.69) is 10.6 Å². The first kappa shape index (κ1) is 27.3. The van der Waals surface area contributed by atoms with E-state index < -0.39 is 29.1 Å². The molecule has 39 heavy (non-hydrogen) atoms. The Morgan fingerprint density at radius 2 is 1.79 bits per heavy atom. The van der Waals surface area contributed by atoms with Crippen molar-refractivity contribution < 1.29 is 24.2 Å². The predicted octanol–water partition coefficient (Wildman–Crippen LogP) is 4.20. The minimum absolute atomic E-state index is 0.0842. The molecule has 2 aromatic carbocycles. The third-order valence-corrected chi connectivity index (χ3v) is 8.96. The van der Waals surface area contributed by atoms with Crippen LogP contribution in [0.15, 0.2) is 48.5 Å². The number of anilines is 2. The second-order valence-electron chi connectivity index (χ2n) is 11.3. The smallest absolute Gasteiger partial charge is 0.250 e. The topological polar surface area (TPSA) is 108 Å². The van der Waals surface area contributed by atoms with Crippen molar-refractivity contribution in [3.05, 3.63) is 59.7 Å². The summed E-state index contributed by atoms with van der Waals surface area (Å²) in [4.78, 5) is 43.7. The number of benzene rings is 2. The number of amides is 3. The molecule has 0 radical (unpaired) electrons. The summed E-state index contributed by atoms with van der Waals surface area (Å²) in [6.45, 7) is 6.36. The van der Waals surface area contributed by atoms with Crippen molar-refractivity contribution in [3.63, 3.8) is 0 Å². The summed E-state index contributed by atoms with van der Waals surface area (Å²) in [5.74, 6) is -2.13. The quantitative estimate of drug-likeness (QED) is 0.397. The molecule has 3 aliphatic heterocycles. The van der Waals surface area contributed by atoms with E-state index in [1.54, 1.807) is 4.90 Å². The fourth-order valence-electron chi connectivity index (χ4n) is 7.04. The van der Waals surface area contributed by atoms with Gasteiger partial charge in [0.2, 0.25) is 17.7 Å². The summed E-state index contributed by atoms with van der Waals surface area (Å²) in [6, 6.07) is 14.3. The lowest BCUT2D eigenvalue weighted by atomic mass is 9.65. The Hall–Kier alpha value is -3.23. The number of hydrogen-bond donors (Lipinski definition) is 3. The van der Waals surface area contributed by atoms with Gasteiger partial charge in [0, 0.05) is 24.5 Å². The molecule has 8 heteroatoms. The van der Waals surface area contributed by atoms with Crippen molar-refractivity contribution in [1.82, 2.24) is 4.90 Å². The predicted molar refractivity (Wildman–Crippen MR) is 149 cm³/mol. The number of ether oxygens (including phenoxy) is 1. The maximum Gasteiger partial charge on any atom is 0.250 e. The molecule has 208 valence electrons. The van der Waals surface area contributed by atoms with Crippen molar-refractivity contribution in [1.29, 1.82) is 0 Å². The average molecular weight is 534 g/mol. The maximum absolute atomic E-state index is 14.2. The number of carbonyl (C=O) groups excluding carboxylic acids is 3. The number of likely N-dealkylation sites (tertiary alicyclic amines) is 1. The molecule has 2 aromatic rings. The van der Waals surface area contributed by atoms with Crippen molar-refractivity contribution in [2.45, 2.75) is 76.5 Å². The molecule has 0 aliphatic carbocycles. The molecule has 1 spiro atoms. The molecule has 5 atom stereocenters. The maximum atomic E-state index is 14.2. The number of rotatable bonds is 10. The Balaban J connectivity index is 1.51. The average Bonchev–Trinajstić information content (AvgIpc) is 3.53. The van der Waals surface area contributed by atoms with Crippen LogP contribution in [0.25, 0.3) is 0 Å². The molecular formula is C31H39N3O5. The molecule has 3 heterocycles. The van der Waals surface area contributed by atoms with E-state index in [4.69, 9.17) is 4.74 Å². The highest BCUT2D eigenvalue weighted by Crippen LogP contribution is 2.64. The van der Waals surface area contributed by atoms with E-state index in [1.807, 2.05) is 69.3 Å². The van der Waals surface area contributed by atoms with E-state index in [0.29, 0.717) is 50.0 Å². The van der Waals surface area contributed by atoms with Gasteiger partial charge in [0.05, 0.1) is 17.4 Å². The summed E-state index contributed by atoms with van der Waals surface area (Å²) in [5.41, 5.74) is 1.48. The minimum Gasteiger partial charge on any atom is -0.396 e. The van der Waals surface area contributed by atoms with Gasteiger partial charge < -0.3 is 25.4 Å². The van der Waals surface area contributed by atoms with Crippen LogP contribution in [0.3, 0.4) is 0 Å². The van der Waals surface area contributed by atoms with Gasteiger partial charge in [-0.05, 0) is 81.7 Å². The fraction of sp³-hybridized carbons (Fsp3) is 0.516. The van der Waals surface area contributed by atoms with Gasteiger partial charge in [-0.15, -0.1) is 0 Å². The normalized spacial score (nSPS) is 29.0. The number of aryl methyl sites for hydroxylation is 2. The zero-order valence-electron chi connectivity index (χ0n) is 23.0. The minimum atomic E-state index is -1.06. The van der Waals surface area contributed by atoms with Crippen molar-refractivity contribution in [2.75, 3.05) is 23.8 Å². The third-order valence-electron chi connectivity index (χ3n) is 8.96. The molecule has 0 aromatic heterocycles. The van der Waals surface area contributed by atoms with Gasteiger partial charge in [0.25, 0.3) is 0 Å². The number of aliphatic hydroxyl groups excluding tert-OH is 1. The molecule has 3 amide bonds. The summed E-state index contributed by atoms with van der Waals surface area (Å²) in [6.07, 6.45) is 3.76. The summed E-state index contributed by atoms with van der Waals surface area (Å²) in [5, 5.41) is 15.4. The Morgan fingerprint density at radius 3 is 2.51 bits per heavy atom. The summed E-state index contributed by atoms with van der Waals surface area (Å²) in [7, 11) is 0. The van der Waals surface area contributed by atoms with E-state index in [0.717, 1.165) is 17.5 Å². The lowest BCUT2D eigenvalue weighted by Crippen LogP contribution is -2.53. The Bertz CT molecular complexity index is 1250. The number of nitrogens with one attached hydrogen (secondary N) is 2. The van der Waals surface area contributed by atoms with Gasteiger partial charge in [-0.1, -0.05) is 37.3 Å². The number of nitrogens with zero attached hydrogens (tertiary/aromatic N) is 1. The zero-order valence-corrected chi connectivity index (χ0v) is 23.0. The van der Waals surface area contributed by atoms with Crippen LogP contribution in [0.1, 0.15) is 56.6 Å². The molecule has 3 N–H and O–H groups in total. The largest absolute Gasteiger partial charge is 0.396 e. The second kappa shape index (κ2) is 10.7. The molecule has 0 saturated carbocycles. The van der Waals surface area contributed by atoms with Crippen molar-refractivity contribution in [2.24, 2.45) is 11.8 Å². The Kier molecular flexibility index (Phi) is 7.53. The number of hydrogen-bond acceptors (Lipinski definition) is 5. The van der Waals surface area contributed by atoms with E-state index in [-0.39, 0.29) is 24.3 Å². The van der Waals surface area contributed by atoms with Gasteiger partial charge in [0.15, 0.2) is 0 Å².